The fourth-order valence-electron chi connectivity index (χ4n) is 1.72. The molecular formula is C12H19N3S2. The van der Waals surface area contributed by atoms with Gasteiger partial charge in [-0.1, -0.05) is 0 Å². The van der Waals surface area contributed by atoms with Crippen LogP contribution in [0.15, 0.2) is 18.5 Å². The number of thioether (sulfide) groups is 2. The molecule has 2 heterocycles. The summed E-state index contributed by atoms with van der Waals surface area (Å²) in [6.45, 7) is 4.06. The maximum Gasteiger partial charge on any atom is 0.0547 e. The zero-order valence-electron chi connectivity index (χ0n) is 10.1. The topological polar surface area (TPSA) is 37.0 Å². The molecule has 0 saturated carbocycles. The molecule has 0 radical (unpaired) electrons. The Bertz CT molecular complexity index is 340. The molecule has 1 aromatic rings. The Morgan fingerprint density at radius 1 is 1.29 bits per heavy atom. The maximum atomic E-state index is 4.23. The molecule has 0 amide bonds. The van der Waals surface area contributed by atoms with Gasteiger partial charge < -0.3 is 10.6 Å². The first-order valence-corrected chi connectivity index (χ1v) is 8.21. The average molecular weight is 269 g/mol. The van der Waals surface area contributed by atoms with Crippen LogP contribution < -0.4 is 10.6 Å². The molecular weight excluding hydrogens is 250 g/mol. The molecule has 1 aromatic heterocycles. The fraction of sp³-hybridized carbons (Fsp3) is 0.583. The number of hydrogen-bond acceptors (Lipinski definition) is 5. The van der Waals surface area contributed by atoms with Gasteiger partial charge in [0.25, 0.3) is 0 Å². The SMILES string of the molecule is CCNc1cncc(NCC2CSCCS2)c1. The molecule has 0 spiro atoms. The number of anilines is 2. The summed E-state index contributed by atoms with van der Waals surface area (Å²) in [6.07, 6.45) is 3.75. The van der Waals surface area contributed by atoms with Crippen molar-refractivity contribution in [2.24, 2.45) is 0 Å². The summed E-state index contributed by atoms with van der Waals surface area (Å²) in [5, 5.41) is 7.48. The van der Waals surface area contributed by atoms with E-state index < -0.39 is 0 Å². The highest BCUT2D eigenvalue weighted by Gasteiger charge is 2.13. The van der Waals surface area contributed by atoms with Gasteiger partial charge in [0.05, 0.1) is 23.8 Å². The van der Waals surface area contributed by atoms with Crippen LogP contribution in [0, 0.1) is 0 Å². The van der Waals surface area contributed by atoms with Gasteiger partial charge in [-0.3, -0.25) is 4.98 Å². The minimum atomic E-state index is 0.733. The molecule has 1 saturated heterocycles. The van der Waals surface area contributed by atoms with Gasteiger partial charge in [-0.2, -0.15) is 23.5 Å². The third-order valence-electron chi connectivity index (χ3n) is 2.54. The van der Waals surface area contributed by atoms with Gasteiger partial charge in [-0.15, -0.1) is 0 Å². The van der Waals surface area contributed by atoms with Crippen molar-refractivity contribution in [3.05, 3.63) is 18.5 Å². The zero-order chi connectivity index (χ0) is 11.9. The van der Waals surface area contributed by atoms with E-state index in [2.05, 4.69) is 52.1 Å². The first-order chi connectivity index (χ1) is 8.38. The van der Waals surface area contributed by atoms with E-state index in [1.54, 1.807) is 0 Å². The first kappa shape index (κ1) is 12.9. The Morgan fingerprint density at radius 3 is 2.82 bits per heavy atom. The summed E-state index contributed by atoms with van der Waals surface area (Å²) in [5.41, 5.74) is 2.20. The monoisotopic (exact) mass is 269 g/mol. The van der Waals surface area contributed by atoms with Gasteiger partial charge in [0.2, 0.25) is 0 Å². The normalized spacial score (nSPS) is 19.9. The number of pyridine rings is 1. The Hall–Kier alpha value is -0.550. The lowest BCUT2D eigenvalue weighted by molar-refractivity contribution is 1.00. The summed E-state index contributed by atoms with van der Waals surface area (Å²) in [7, 11) is 0. The standard InChI is InChI=1S/C12H19N3S2/c1-2-14-10-5-11(7-13-6-10)15-8-12-9-16-3-4-17-12/h5-7,12,14-15H,2-4,8-9H2,1H3. The molecule has 1 fully saturated rings. The van der Waals surface area contributed by atoms with E-state index in [-0.39, 0.29) is 0 Å². The van der Waals surface area contributed by atoms with Crippen LogP contribution in [0.1, 0.15) is 6.92 Å². The highest BCUT2D eigenvalue weighted by Crippen LogP contribution is 2.24. The lowest BCUT2D eigenvalue weighted by atomic mass is 10.3. The van der Waals surface area contributed by atoms with E-state index in [9.17, 15) is 0 Å². The maximum absolute atomic E-state index is 4.23. The quantitative estimate of drug-likeness (QED) is 0.859. The third-order valence-corrected chi connectivity index (χ3v) is 5.38. The Morgan fingerprint density at radius 2 is 2.12 bits per heavy atom. The van der Waals surface area contributed by atoms with Gasteiger partial charge in [0.15, 0.2) is 0 Å². The largest absolute Gasteiger partial charge is 0.384 e. The van der Waals surface area contributed by atoms with Crippen LogP contribution in [0.4, 0.5) is 11.4 Å². The molecule has 17 heavy (non-hydrogen) atoms. The van der Waals surface area contributed by atoms with E-state index in [1.807, 2.05) is 12.4 Å². The minimum absolute atomic E-state index is 0.733. The first-order valence-electron chi connectivity index (χ1n) is 6.00. The average Bonchev–Trinajstić information content (AvgIpc) is 2.39. The third kappa shape index (κ3) is 4.32. The second-order valence-electron chi connectivity index (χ2n) is 3.94. The van der Waals surface area contributed by atoms with Crippen molar-refractivity contribution in [2.45, 2.75) is 12.2 Å². The van der Waals surface area contributed by atoms with E-state index >= 15 is 0 Å². The molecule has 94 valence electrons. The summed E-state index contributed by atoms with van der Waals surface area (Å²) < 4.78 is 0. The van der Waals surface area contributed by atoms with Crippen LogP contribution >= 0.6 is 23.5 Å². The van der Waals surface area contributed by atoms with E-state index in [1.165, 1.54) is 17.3 Å². The number of aromatic nitrogens is 1. The van der Waals surface area contributed by atoms with Crippen LogP contribution in [-0.2, 0) is 0 Å². The molecule has 1 unspecified atom stereocenters. The van der Waals surface area contributed by atoms with Gasteiger partial charge >= 0.3 is 0 Å². The molecule has 1 aliphatic heterocycles. The molecule has 0 aromatic carbocycles. The lowest BCUT2D eigenvalue weighted by Crippen LogP contribution is -2.23. The molecule has 2 rings (SSSR count). The van der Waals surface area contributed by atoms with E-state index in [0.717, 1.165) is 29.7 Å². The van der Waals surface area contributed by atoms with Gasteiger partial charge in [-0.25, -0.2) is 0 Å². The lowest BCUT2D eigenvalue weighted by Gasteiger charge is -2.21. The van der Waals surface area contributed by atoms with Gasteiger partial charge in [-0.05, 0) is 13.0 Å². The molecule has 0 bridgehead atoms. The molecule has 2 N–H and O–H groups in total. The summed E-state index contributed by atoms with van der Waals surface area (Å²) >= 11 is 4.14. The summed E-state index contributed by atoms with van der Waals surface area (Å²) in [6, 6.07) is 2.12. The van der Waals surface area contributed by atoms with Crippen molar-refractivity contribution in [1.29, 1.82) is 0 Å². The Labute approximate surface area is 112 Å². The van der Waals surface area contributed by atoms with Gasteiger partial charge in [0.1, 0.15) is 0 Å². The van der Waals surface area contributed by atoms with Gasteiger partial charge in [0, 0.05) is 35.6 Å². The number of nitrogens with zero attached hydrogens (tertiary/aromatic N) is 1. The highest BCUT2D eigenvalue weighted by atomic mass is 32.2. The van der Waals surface area contributed by atoms with Crippen LogP contribution in [0.3, 0.4) is 0 Å². The number of rotatable bonds is 5. The van der Waals surface area contributed by atoms with Crippen LogP contribution in [-0.4, -0.2) is 40.6 Å². The number of hydrogen-bond donors (Lipinski definition) is 2. The summed E-state index contributed by atoms with van der Waals surface area (Å²) in [5.74, 6) is 3.85. The molecule has 1 atom stereocenters. The van der Waals surface area contributed by atoms with Crippen LogP contribution in [0.25, 0.3) is 0 Å². The Kier molecular flexibility index (Phi) is 5.32. The second-order valence-corrected chi connectivity index (χ2v) is 6.50. The highest BCUT2D eigenvalue weighted by molar-refractivity contribution is 8.06. The predicted octanol–water partition coefficient (Wildman–Crippen LogP) is 2.77. The van der Waals surface area contributed by atoms with E-state index in [0.29, 0.717) is 0 Å². The minimum Gasteiger partial charge on any atom is -0.384 e. The van der Waals surface area contributed by atoms with Crippen LogP contribution in [0.5, 0.6) is 0 Å². The van der Waals surface area contributed by atoms with Crippen LogP contribution in [0.2, 0.25) is 0 Å². The fourth-order valence-corrected chi connectivity index (χ4v) is 4.34. The predicted molar refractivity (Wildman–Crippen MR) is 80.5 cm³/mol. The van der Waals surface area contributed by atoms with E-state index in [4.69, 9.17) is 0 Å². The smallest absolute Gasteiger partial charge is 0.0547 e. The van der Waals surface area contributed by atoms with Crippen molar-refractivity contribution in [1.82, 2.24) is 4.98 Å². The number of nitrogens with one attached hydrogen (secondary N) is 2. The van der Waals surface area contributed by atoms with Crippen molar-refractivity contribution >= 4 is 34.9 Å². The Balaban J connectivity index is 1.83. The second kappa shape index (κ2) is 7.01. The van der Waals surface area contributed by atoms with Crippen molar-refractivity contribution in [2.75, 3.05) is 41.0 Å². The molecule has 5 heteroatoms. The summed E-state index contributed by atoms with van der Waals surface area (Å²) in [4.78, 5) is 4.23. The van der Waals surface area contributed by atoms with Crippen molar-refractivity contribution < 1.29 is 0 Å². The molecule has 3 nitrogen and oxygen atoms in total. The van der Waals surface area contributed by atoms with Crippen molar-refractivity contribution in [3.63, 3.8) is 0 Å². The van der Waals surface area contributed by atoms with Crippen molar-refractivity contribution in [3.8, 4) is 0 Å². The zero-order valence-corrected chi connectivity index (χ0v) is 11.7. The molecule has 0 aliphatic carbocycles. The molecule has 1 aliphatic rings.